The Labute approximate surface area is 387 Å². The molecule has 0 aliphatic heterocycles. The molecule has 0 spiro atoms. The summed E-state index contributed by atoms with van der Waals surface area (Å²) in [5, 5.41) is 10.8. The summed E-state index contributed by atoms with van der Waals surface area (Å²) in [6, 6.07) is -0.305. The number of carbonyl (C=O) groups excluding carboxylic acids is 2. The number of rotatable bonds is 47. The lowest BCUT2D eigenvalue weighted by Crippen LogP contribution is -2.43. The lowest BCUT2D eigenvalue weighted by atomic mass is 9.95. The topological polar surface area (TPSA) is 79.3 Å². The van der Waals surface area contributed by atoms with E-state index in [0.29, 0.717) is 70.1 Å². The molecule has 0 rings (SSSR count). The fourth-order valence-corrected chi connectivity index (χ4v) is 8.88. The number of aliphatic hydroxyl groups is 1. The second-order valence-electron chi connectivity index (χ2n) is 19.4. The van der Waals surface area contributed by atoms with Gasteiger partial charge in [0.1, 0.15) is 6.42 Å². The van der Waals surface area contributed by atoms with Crippen molar-refractivity contribution >= 4 is 11.9 Å². The van der Waals surface area contributed by atoms with Crippen molar-refractivity contribution in [3.8, 4) is 0 Å². The number of amides is 1. The molecular formula is C53H103F3N2O5. The maximum atomic E-state index is 13.5. The number of esters is 1. The van der Waals surface area contributed by atoms with E-state index in [0.717, 1.165) is 57.8 Å². The van der Waals surface area contributed by atoms with E-state index in [1.165, 1.54) is 133 Å². The Morgan fingerprint density at radius 1 is 0.508 bits per heavy atom. The Morgan fingerprint density at radius 2 is 0.905 bits per heavy atom. The summed E-state index contributed by atoms with van der Waals surface area (Å²) < 4.78 is 52.4. The fourth-order valence-electron chi connectivity index (χ4n) is 8.88. The number of unbranched alkanes of at least 4 members (excludes halogenated alkanes) is 20. The maximum absolute atomic E-state index is 13.5. The van der Waals surface area contributed by atoms with Gasteiger partial charge in [-0.1, -0.05) is 182 Å². The van der Waals surface area contributed by atoms with Crippen molar-refractivity contribution in [3.63, 3.8) is 0 Å². The first kappa shape index (κ1) is 61.6. The van der Waals surface area contributed by atoms with Gasteiger partial charge in [0.25, 0.3) is 0 Å². The van der Waals surface area contributed by atoms with E-state index in [1.807, 2.05) is 19.0 Å². The van der Waals surface area contributed by atoms with Crippen LogP contribution in [-0.2, 0) is 19.1 Å². The van der Waals surface area contributed by atoms with E-state index in [4.69, 9.17) is 9.47 Å². The number of hydrogen-bond donors (Lipinski definition) is 1. The monoisotopic (exact) mass is 905 g/mol. The van der Waals surface area contributed by atoms with E-state index < -0.39 is 24.8 Å². The summed E-state index contributed by atoms with van der Waals surface area (Å²) >= 11 is 0. The molecule has 4 unspecified atom stereocenters. The van der Waals surface area contributed by atoms with E-state index in [1.54, 1.807) is 0 Å². The average molecular weight is 905 g/mol. The fraction of sp³-hybridized carbons (Fsp3) is 0.962. The van der Waals surface area contributed by atoms with Gasteiger partial charge in [-0.2, -0.15) is 13.2 Å². The molecule has 0 aliphatic carbocycles. The molecule has 0 radical (unpaired) electrons. The van der Waals surface area contributed by atoms with Crippen molar-refractivity contribution in [1.82, 2.24) is 9.80 Å². The third-order valence-corrected chi connectivity index (χ3v) is 12.9. The number of nitrogens with zero attached hydrogens (tertiary/aromatic N) is 2. The van der Waals surface area contributed by atoms with Crippen molar-refractivity contribution in [2.75, 3.05) is 40.4 Å². The summed E-state index contributed by atoms with van der Waals surface area (Å²) in [5.41, 5.74) is 0. The minimum absolute atomic E-state index is 0.162. The van der Waals surface area contributed by atoms with Crippen molar-refractivity contribution in [2.45, 2.75) is 277 Å². The zero-order valence-corrected chi connectivity index (χ0v) is 42.2. The molecule has 0 heterocycles. The molecule has 376 valence electrons. The molecule has 0 aliphatic rings. The standard InChI is InChI=1S/C53H103F3N2O5/c1-7-11-15-19-21-27-36-47(34-25-17-13-9-3)45-62-51(60)40-31-23-29-38-49(58(43-33-42-57(5)6)50(59)44-53(54,55)56)39-30-24-32-41-52(61)63-46-48(35-26-18-14-10-4)37-28-22-20-16-12-8-2/h47-49,51,60H,7-46H2,1-6H3. The normalized spacial score (nSPS) is 14.0. The molecule has 4 atom stereocenters. The van der Waals surface area contributed by atoms with Crippen LogP contribution in [0.5, 0.6) is 0 Å². The van der Waals surface area contributed by atoms with Gasteiger partial charge < -0.3 is 24.4 Å². The summed E-state index contributed by atoms with van der Waals surface area (Å²) in [4.78, 5) is 29.5. The molecule has 0 saturated heterocycles. The zero-order valence-electron chi connectivity index (χ0n) is 42.2. The van der Waals surface area contributed by atoms with Crippen LogP contribution in [0.3, 0.4) is 0 Å². The van der Waals surface area contributed by atoms with E-state index >= 15 is 0 Å². The largest absolute Gasteiger partial charge is 0.465 e. The molecule has 1 amide bonds. The van der Waals surface area contributed by atoms with Gasteiger partial charge in [0.2, 0.25) is 5.91 Å². The molecule has 1 N–H and O–H groups in total. The van der Waals surface area contributed by atoms with Gasteiger partial charge in [0.15, 0.2) is 6.29 Å². The summed E-state index contributed by atoms with van der Waals surface area (Å²) in [6.07, 6.45) is 29.8. The van der Waals surface area contributed by atoms with E-state index in [-0.39, 0.29) is 18.6 Å². The van der Waals surface area contributed by atoms with Crippen LogP contribution in [0.1, 0.15) is 259 Å². The first-order valence-corrected chi connectivity index (χ1v) is 26.8. The van der Waals surface area contributed by atoms with Crippen LogP contribution >= 0.6 is 0 Å². The molecule has 0 fully saturated rings. The van der Waals surface area contributed by atoms with E-state index in [2.05, 4.69) is 27.7 Å². The van der Waals surface area contributed by atoms with Crippen molar-refractivity contribution in [2.24, 2.45) is 11.8 Å². The summed E-state index contributed by atoms with van der Waals surface area (Å²) in [6.45, 7) is 11.0. The van der Waals surface area contributed by atoms with Crippen molar-refractivity contribution < 1.29 is 37.3 Å². The van der Waals surface area contributed by atoms with Gasteiger partial charge in [-0.05, 0) is 96.7 Å². The molecule has 0 saturated carbocycles. The van der Waals surface area contributed by atoms with Gasteiger partial charge in [-0.15, -0.1) is 0 Å². The third-order valence-electron chi connectivity index (χ3n) is 12.9. The number of halogens is 3. The number of hydrogen-bond acceptors (Lipinski definition) is 6. The summed E-state index contributed by atoms with van der Waals surface area (Å²) in [7, 11) is 3.85. The Balaban J connectivity index is 5.22. The van der Waals surface area contributed by atoms with Gasteiger partial charge in [0.05, 0.1) is 13.2 Å². The highest BCUT2D eigenvalue weighted by atomic mass is 19.4. The highest BCUT2D eigenvalue weighted by Crippen LogP contribution is 2.26. The maximum Gasteiger partial charge on any atom is 0.397 e. The van der Waals surface area contributed by atoms with Crippen LogP contribution in [0.15, 0.2) is 0 Å². The van der Waals surface area contributed by atoms with Crippen LogP contribution in [-0.4, -0.2) is 85.7 Å². The minimum atomic E-state index is -4.57. The molecule has 0 bridgehead atoms. The second kappa shape index (κ2) is 43.2. The third kappa shape index (κ3) is 40.6. The molecule has 7 nitrogen and oxygen atoms in total. The minimum Gasteiger partial charge on any atom is -0.465 e. The van der Waals surface area contributed by atoms with Crippen LogP contribution in [0.4, 0.5) is 13.2 Å². The van der Waals surface area contributed by atoms with Crippen LogP contribution in [0.25, 0.3) is 0 Å². The predicted molar refractivity (Wildman–Crippen MR) is 259 cm³/mol. The first-order valence-electron chi connectivity index (χ1n) is 26.8. The second-order valence-corrected chi connectivity index (χ2v) is 19.4. The van der Waals surface area contributed by atoms with Crippen LogP contribution in [0.2, 0.25) is 0 Å². The number of alkyl halides is 3. The highest BCUT2D eigenvalue weighted by Gasteiger charge is 2.35. The number of aliphatic hydroxyl groups excluding tert-OH is 1. The quantitative estimate of drug-likeness (QED) is 0.0372. The molecule has 0 aromatic carbocycles. The average Bonchev–Trinajstić information content (AvgIpc) is 3.23. The van der Waals surface area contributed by atoms with Gasteiger partial charge >= 0.3 is 12.1 Å². The Bertz CT molecular complexity index is 1020. The smallest absolute Gasteiger partial charge is 0.397 e. The van der Waals surface area contributed by atoms with E-state index in [9.17, 15) is 27.9 Å². The van der Waals surface area contributed by atoms with Crippen LogP contribution in [0, 0.1) is 11.8 Å². The Kier molecular flexibility index (Phi) is 42.2. The zero-order chi connectivity index (χ0) is 46.8. The predicted octanol–water partition coefficient (Wildman–Crippen LogP) is 15.5. The molecule has 0 aromatic heterocycles. The lowest BCUT2D eigenvalue weighted by molar-refractivity contribution is -0.163. The number of ether oxygens (including phenoxy) is 2. The Hall–Kier alpha value is -1.39. The SMILES string of the molecule is CCCCCCCCC(CCCCCC)COC(=O)CCCCCC(CCCCCC(O)OCC(CCCCCC)CCCCCCCC)N(CCCN(C)C)C(=O)CC(F)(F)F. The van der Waals surface area contributed by atoms with Crippen molar-refractivity contribution in [1.29, 1.82) is 0 Å². The lowest BCUT2D eigenvalue weighted by Gasteiger charge is -2.33. The summed E-state index contributed by atoms with van der Waals surface area (Å²) in [5.74, 6) is -0.128. The highest BCUT2D eigenvalue weighted by molar-refractivity contribution is 5.77. The van der Waals surface area contributed by atoms with Gasteiger partial charge in [-0.3, -0.25) is 9.59 Å². The Morgan fingerprint density at radius 3 is 1.38 bits per heavy atom. The molecule has 0 aromatic rings. The number of carbonyl (C=O) groups is 2. The molecule has 10 heteroatoms. The van der Waals surface area contributed by atoms with Crippen LogP contribution < -0.4 is 0 Å². The molecule has 63 heavy (non-hydrogen) atoms. The molecular weight excluding hydrogens is 802 g/mol. The first-order chi connectivity index (χ1) is 30.4. The van der Waals surface area contributed by atoms with Gasteiger partial charge in [0, 0.05) is 19.0 Å². The van der Waals surface area contributed by atoms with Gasteiger partial charge in [-0.25, -0.2) is 0 Å². The van der Waals surface area contributed by atoms with Crippen molar-refractivity contribution in [3.05, 3.63) is 0 Å².